The second-order valence-electron chi connectivity index (χ2n) is 6.53. The van der Waals surface area contributed by atoms with Gasteiger partial charge in [0.05, 0.1) is 13.3 Å². The summed E-state index contributed by atoms with van der Waals surface area (Å²) in [6, 6.07) is 5.60. The van der Waals surface area contributed by atoms with Gasteiger partial charge in [-0.05, 0) is 46.9 Å². The molecule has 4 rings (SSSR count). The Bertz CT molecular complexity index is 1110. The smallest absolute Gasteiger partial charge is 0.250 e. The van der Waals surface area contributed by atoms with Crippen LogP contribution in [0.1, 0.15) is 27.8 Å². The third-order valence-electron chi connectivity index (χ3n) is 4.40. The van der Waals surface area contributed by atoms with Crippen LogP contribution in [-0.2, 0) is 12.8 Å². The highest BCUT2D eigenvalue weighted by Crippen LogP contribution is 2.21. The van der Waals surface area contributed by atoms with Gasteiger partial charge in [0.2, 0.25) is 5.88 Å². The van der Waals surface area contributed by atoms with E-state index >= 15 is 0 Å². The molecule has 0 unspecified atom stereocenters. The second-order valence-corrected chi connectivity index (χ2v) is 6.53. The summed E-state index contributed by atoms with van der Waals surface area (Å²) < 4.78 is 18.7. The highest BCUT2D eigenvalue weighted by molar-refractivity contribution is 5.80. The number of hydrogen-bond donors (Lipinski definition) is 1. The van der Waals surface area contributed by atoms with Crippen molar-refractivity contribution in [3.8, 4) is 5.88 Å². The van der Waals surface area contributed by atoms with E-state index in [0.29, 0.717) is 6.42 Å². The monoisotopic (exact) mass is 361 g/mol. The molecule has 1 N–H and O–H groups in total. The second kappa shape index (κ2) is 7.15. The van der Waals surface area contributed by atoms with Crippen LogP contribution in [0.15, 0.2) is 43.0 Å². The SMILES string of the molecule is COc1ncc(Cc2[c]ncc(Cc3c[nH]c4ncc(C)cc34)c2)cc1F. The van der Waals surface area contributed by atoms with Crippen LogP contribution in [-0.4, -0.2) is 27.0 Å². The summed E-state index contributed by atoms with van der Waals surface area (Å²) in [5, 5.41) is 1.12. The predicted molar refractivity (Wildman–Crippen MR) is 100 cm³/mol. The highest BCUT2D eigenvalue weighted by Gasteiger charge is 2.09. The van der Waals surface area contributed by atoms with Crippen LogP contribution >= 0.6 is 0 Å². The van der Waals surface area contributed by atoms with E-state index in [2.05, 4.69) is 32.2 Å². The molecule has 5 nitrogen and oxygen atoms in total. The van der Waals surface area contributed by atoms with Crippen molar-refractivity contribution in [2.24, 2.45) is 0 Å². The first-order chi connectivity index (χ1) is 13.1. The van der Waals surface area contributed by atoms with Crippen molar-refractivity contribution in [2.75, 3.05) is 7.11 Å². The van der Waals surface area contributed by atoms with Gasteiger partial charge in [0.15, 0.2) is 5.82 Å². The van der Waals surface area contributed by atoms with Crippen LogP contribution in [0, 0.1) is 18.9 Å². The lowest BCUT2D eigenvalue weighted by molar-refractivity contribution is 0.368. The van der Waals surface area contributed by atoms with E-state index in [9.17, 15) is 4.39 Å². The lowest BCUT2D eigenvalue weighted by Crippen LogP contribution is -1.98. The Balaban J connectivity index is 1.57. The van der Waals surface area contributed by atoms with E-state index in [1.54, 1.807) is 12.4 Å². The zero-order valence-electron chi connectivity index (χ0n) is 15.1. The highest BCUT2D eigenvalue weighted by atomic mass is 19.1. The summed E-state index contributed by atoms with van der Waals surface area (Å²) in [5.74, 6) is -0.473. The molecule has 0 fully saturated rings. The molecule has 0 saturated heterocycles. The number of fused-ring (bicyclic) bond motifs is 1. The van der Waals surface area contributed by atoms with E-state index in [4.69, 9.17) is 4.74 Å². The lowest BCUT2D eigenvalue weighted by Gasteiger charge is -2.06. The predicted octanol–water partition coefficient (Wildman–Crippen LogP) is 3.79. The Morgan fingerprint density at radius 3 is 2.74 bits per heavy atom. The number of aromatic amines is 1. The summed E-state index contributed by atoms with van der Waals surface area (Å²) in [7, 11) is 1.40. The largest absolute Gasteiger partial charge is 0.479 e. The Hall–Kier alpha value is -3.28. The first kappa shape index (κ1) is 17.1. The number of aryl methyl sites for hydroxylation is 1. The maximum Gasteiger partial charge on any atom is 0.250 e. The molecule has 0 bridgehead atoms. The third kappa shape index (κ3) is 3.65. The zero-order chi connectivity index (χ0) is 18.8. The topological polar surface area (TPSA) is 63.7 Å². The summed E-state index contributed by atoms with van der Waals surface area (Å²) >= 11 is 0. The van der Waals surface area contributed by atoms with E-state index in [1.165, 1.54) is 13.2 Å². The first-order valence-electron chi connectivity index (χ1n) is 8.59. The molecule has 1 radical (unpaired) electrons. The third-order valence-corrected chi connectivity index (χ3v) is 4.40. The molecule has 0 atom stereocenters. The Labute approximate surface area is 156 Å². The Kier molecular flexibility index (Phi) is 4.54. The van der Waals surface area contributed by atoms with E-state index < -0.39 is 5.82 Å². The van der Waals surface area contributed by atoms with Crippen molar-refractivity contribution in [1.29, 1.82) is 0 Å². The molecular weight excluding hydrogens is 343 g/mol. The van der Waals surface area contributed by atoms with E-state index in [-0.39, 0.29) is 5.88 Å². The van der Waals surface area contributed by atoms with Gasteiger partial charge in [0.1, 0.15) is 5.65 Å². The van der Waals surface area contributed by atoms with E-state index in [0.717, 1.165) is 45.3 Å². The summed E-state index contributed by atoms with van der Waals surface area (Å²) in [5.41, 5.74) is 5.86. The van der Waals surface area contributed by atoms with Gasteiger partial charge in [0.25, 0.3) is 0 Å². The fourth-order valence-corrected chi connectivity index (χ4v) is 3.14. The van der Waals surface area contributed by atoms with Crippen LogP contribution in [0.3, 0.4) is 0 Å². The molecule has 27 heavy (non-hydrogen) atoms. The van der Waals surface area contributed by atoms with Crippen molar-refractivity contribution >= 4 is 11.0 Å². The van der Waals surface area contributed by atoms with Crippen LogP contribution in [0.25, 0.3) is 11.0 Å². The lowest BCUT2D eigenvalue weighted by atomic mass is 10.0. The molecule has 4 aromatic rings. The number of hydrogen-bond acceptors (Lipinski definition) is 4. The molecule has 0 aromatic carbocycles. The van der Waals surface area contributed by atoms with Crippen molar-refractivity contribution in [3.05, 3.63) is 82.8 Å². The molecular formula is C21H18FN4O. The van der Waals surface area contributed by atoms with Gasteiger partial charge in [-0.25, -0.2) is 14.4 Å². The number of halogens is 1. The number of ether oxygens (including phenoxy) is 1. The van der Waals surface area contributed by atoms with Crippen molar-refractivity contribution in [2.45, 2.75) is 19.8 Å². The van der Waals surface area contributed by atoms with Crippen LogP contribution in [0.4, 0.5) is 4.39 Å². The number of methoxy groups -OCH3 is 1. The molecule has 0 amide bonds. The van der Waals surface area contributed by atoms with Crippen LogP contribution in [0.2, 0.25) is 0 Å². The molecule has 4 heterocycles. The number of nitrogens with zero attached hydrogens (tertiary/aromatic N) is 3. The molecule has 0 aliphatic carbocycles. The Morgan fingerprint density at radius 1 is 1.07 bits per heavy atom. The average molecular weight is 361 g/mol. The number of aromatic nitrogens is 4. The molecule has 0 aliphatic heterocycles. The maximum atomic E-state index is 13.8. The van der Waals surface area contributed by atoms with Crippen molar-refractivity contribution in [3.63, 3.8) is 0 Å². The van der Waals surface area contributed by atoms with Gasteiger partial charge in [-0.15, -0.1) is 0 Å². The average Bonchev–Trinajstić information content (AvgIpc) is 3.04. The standard InChI is InChI=1S/C21H18FN4O/c1-13-3-18-17(12-25-20(18)24-8-13)6-15-4-14(9-23-10-15)5-16-7-19(22)21(27-2)26-11-16/h3-4,7-8,10-12H,5-6H2,1-2H3,(H,24,25). The Morgan fingerprint density at radius 2 is 1.93 bits per heavy atom. The number of H-pyrrole nitrogens is 1. The minimum atomic E-state index is -0.472. The van der Waals surface area contributed by atoms with Gasteiger partial charge in [-0.3, -0.25) is 4.98 Å². The first-order valence-corrected chi connectivity index (χ1v) is 8.59. The molecule has 135 valence electrons. The van der Waals surface area contributed by atoms with Gasteiger partial charge >= 0.3 is 0 Å². The minimum Gasteiger partial charge on any atom is -0.479 e. The number of nitrogens with one attached hydrogen (secondary N) is 1. The fraction of sp³-hybridized carbons (Fsp3) is 0.190. The summed E-state index contributed by atoms with van der Waals surface area (Å²) in [4.78, 5) is 15.8. The van der Waals surface area contributed by atoms with Crippen LogP contribution < -0.4 is 4.74 Å². The summed E-state index contributed by atoms with van der Waals surface area (Å²) in [6.45, 7) is 2.03. The van der Waals surface area contributed by atoms with Crippen molar-refractivity contribution < 1.29 is 9.13 Å². The zero-order valence-corrected chi connectivity index (χ0v) is 15.1. The minimum absolute atomic E-state index is 0.00200. The fourth-order valence-electron chi connectivity index (χ4n) is 3.14. The van der Waals surface area contributed by atoms with Gasteiger partial charge < -0.3 is 9.72 Å². The van der Waals surface area contributed by atoms with Crippen molar-refractivity contribution in [1.82, 2.24) is 19.9 Å². The normalized spacial score (nSPS) is 11.1. The molecule has 6 heteroatoms. The molecule has 0 aliphatic rings. The quantitative estimate of drug-likeness (QED) is 0.587. The van der Waals surface area contributed by atoms with Gasteiger partial charge in [-0.1, -0.05) is 6.07 Å². The molecule has 0 saturated carbocycles. The summed E-state index contributed by atoms with van der Waals surface area (Å²) in [6.07, 6.45) is 11.5. The van der Waals surface area contributed by atoms with Gasteiger partial charge in [0, 0.05) is 43.0 Å². The maximum absolute atomic E-state index is 13.8. The van der Waals surface area contributed by atoms with Crippen LogP contribution in [0.5, 0.6) is 5.88 Å². The molecule has 4 aromatic heterocycles. The van der Waals surface area contributed by atoms with E-state index in [1.807, 2.05) is 25.4 Å². The number of pyridine rings is 3. The number of rotatable bonds is 5. The molecule has 0 spiro atoms. The van der Waals surface area contributed by atoms with Gasteiger partial charge in [-0.2, -0.15) is 0 Å².